The quantitative estimate of drug-likeness (QED) is 0.598. The molecule has 5 nitrogen and oxygen atoms in total. The summed E-state index contributed by atoms with van der Waals surface area (Å²) >= 11 is 7.49. The number of amides is 2. The van der Waals surface area contributed by atoms with E-state index in [1.54, 1.807) is 40.7 Å². The Labute approximate surface area is 170 Å². The molecule has 0 radical (unpaired) electrons. The highest BCUT2D eigenvalue weighted by atomic mass is 35.5. The third-order valence-electron chi connectivity index (χ3n) is 5.05. The predicted molar refractivity (Wildman–Crippen MR) is 108 cm³/mol. The number of carbonyl (C=O) groups excluding carboxylic acids is 2. The first-order valence-corrected chi connectivity index (χ1v) is 10.1. The number of hydrogen-bond donors (Lipinski definition) is 0. The minimum absolute atomic E-state index is 0.255. The second kappa shape index (κ2) is 6.74. The molecule has 3 heterocycles. The SMILES string of the molecule is O=C1[C@H]2[C@@H](c3cccs3)N(c3ccccc3)O[C@H]2C(=O)N1c1ccc(Cl)cc1. The summed E-state index contributed by atoms with van der Waals surface area (Å²) in [5, 5.41) is 4.21. The average molecular weight is 411 g/mol. The molecule has 3 aromatic rings. The third-order valence-corrected chi connectivity index (χ3v) is 6.24. The van der Waals surface area contributed by atoms with E-state index in [0.29, 0.717) is 10.7 Å². The number of benzene rings is 2. The maximum atomic E-state index is 13.3. The smallest absolute Gasteiger partial charge is 0.266 e. The Hall–Kier alpha value is -2.67. The molecule has 28 heavy (non-hydrogen) atoms. The van der Waals surface area contributed by atoms with Crippen molar-refractivity contribution < 1.29 is 14.4 Å². The number of halogens is 1. The molecule has 140 valence electrons. The Morgan fingerprint density at radius 2 is 1.61 bits per heavy atom. The fraction of sp³-hybridized carbons (Fsp3) is 0.143. The lowest BCUT2D eigenvalue weighted by molar-refractivity contribution is -0.126. The van der Waals surface area contributed by atoms with Gasteiger partial charge in [0.2, 0.25) is 5.91 Å². The number of carbonyl (C=O) groups is 2. The normalized spacial score (nSPS) is 24.1. The molecule has 2 saturated heterocycles. The lowest BCUT2D eigenvalue weighted by Gasteiger charge is -2.27. The number of hydrogen-bond acceptors (Lipinski definition) is 5. The Morgan fingerprint density at radius 3 is 2.29 bits per heavy atom. The number of imide groups is 1. The van der Waals surface area contributed by atoms with Gasteiger partial charge < -0.3 is 0 Å². The molecule has 0 unspecified atom stereocenters. The lowest BCUT2D eigenvalue weighted by Crippen LogP contribution is -2.37. The van der Waals surface area contributed by atoms with Crippen LogP contribution in [-0.2, 0) is 14.4 Å². The zero-order valence-corrected chi connectivity index (χ0v) is 16.1. The van der Waals surface area contributed by atoms with E-state index in [1.165, 1.54) is 4.90 Å². The number of thiophene rings is 1. The molecule has 0 spiro atoms. The van der Waals surface area contributed by atoms with Gasteiger partial charge in [0, 0.05) is 9.90 Å². The van der Waals surface area contributed by atoms with Crippen LogP contribution in [0.4, 0.5) is 11.4 Å². The van der Waals surface area contributed by atoms with E-state index in [0.717, 1.165) is 10.6 Å². The summed E-state index contributed by atoms with van der Waals surface area (Å²) in [6, 6.07) is 19.8. The zero-order chi connectivity index (χ0) is 19.3. The van der Waals surface area contributed by atoms with Gasteiger partial charge in [-0.1, -0.05) is 35.9 Å². The van der Waals surface area contributed by atoms with E-state index in [-0.39, 0.29) is 17.9 Å². The van der Waals surface area contributed by atoms with E-state index in [1.807, 2.05) is 47.8 Å². The summed E-state index contributed by atoms with van der Waals surface area (Å²) in [4.78, 5) is 34.7. The second-order valence-corrected chi connectivity index (χ2v) is 8.08. The molecule has 2 amide bonds. The molecule has 0 aliphatic carbocycles. The van der Waals surface area contributed by atoms with E-state index in [4.69, 9.17) is 16.4 Å². The molecule has 2 fully saturated rings. The number of fused-ring (bicyclic) bond motifs is 1. The van der Waals surface area contributed by atoms with Crippen LogP contribution in [-0.4, -0.2) is 17.9 Å². The van der Waals surface area contributed by atoms with Gasteiger partial charge in [0.1, 0.15) is 12.0 Å². The van der Waals surface area contributed by atoms with E-state index in [2.05, 4.69) is 0 Å². The van der Waals surface area contributed by atoms with Crippen molar-refractivity contribution in [1.82, 2.24) is 0 Å². The van der Waals surface area contributed by atoms with Crippen molar-refractivity contribution in [3.8, 4) is 0 Å². The molecule has 0 N–H and O–H groups in total. The highest BCUT2D eigenvalue weighted by Gasteiger charge is 2.60. The van der Waals surface area contributed by atoms with Gasteiger partial charge in [-0.25, -0.2) is 9.96 Å². The molecular formula is C21H15ClN2O3S. The van der Waals surface area contributed by atoms with Gasteiger partial charge in [0.15, 0.2) is 6.10 Å². The van der Waals surface area contributed by atoms with Crippen molar-refractivity contribution >= 4 is 46.1 Å². The molecule has 2 aliphatic rings. The summed E-state index contributed by atoms with van der Waals surface area (Å²) in [5.74, 6) is -1.21. The lowest BCUT2D eigenvalue weighted by atomic mass is 9.95. The first-order valence-electron chi connectivity index (χ1n) is 8.83. The Bertz CT molecular complexity index is 1020. The van der Waals surface area contributed by atoms with Crippen LogP contribution in [0, 0.1) is 5.92 Å². The monoisotopic (exact) mass is 410 g/mol. The van der Waals surface area contributed by atoms with Crippen molar-refractivity contribution in [3.63, 3.8) is 0 Å². The first-order chi connectivity index (χ1) is 13.6. The van der Waals surface area contributed by atoms with E-state index in [9.17, 15) is 9.59 Å². The number of nitrogens with zero attached hydrogens (tertiary/aromatic N) is 2. The molecule has 0 bridgehead atoms. The molecule has 7 heteroatoms. The van der Waals surface area contributed by atoms with Crippen LogP contribution in [0.25, 0.3) is 0 Å². The van der Waals surface area contributed by atoms with Gasteiger partial charge in [-0.05, 0) is 47.8 Å². The van der Waals surface area contributed by atoms with Gasteiger partial charge in [-0.15, -0.1) is 11.3 Å². The van der Waals surface area contributed by atoms with Gasteiger partial charge >= 0.3 is 0 Å². The predicted octanol–water partition coefficient (Wildman–Crippen LogP) is 4.45. The van der Waals surface area contributed by atoms with Crippen molar-refractivity contribution in [3.05, 3.63) is 82.0 Å². The van der Waals surface area contributed by atoms with Gasteiger partial charge in [0.25, 0.3) is 5.91 Å². The fourth-order valence-electron chi connectivity index (χ4n) is 3.81. The molecule has 5 rings (SSSR count). The van der Waals surface area contributed by atoms with Crippen LogP contribution in [0.2, 0.25) is 5.02 Å². The van der Waals surface area contributed by atoms with Gasteiger partial charge in [-0.3, -0.25) is 14.4 Å². The van der Waals surface area contributed by atoms with Crippen molar-refractivity contribution in [2.75, 3.05) is 9.96 Å². The topological polar surface area (TPSA) is 49.9 Å². The standard InChI is InChI=1S/C21H15ClN2O3S/c22-13-8-10-14(11-9-13)23-20(25)17-18(16-7-4-12-28-16)24(27-19(17)21(23)26)15-5-2-1-3-6-15/h1-12,17-19H/t17-,18+,19+/m0/s1. The van der Waals surface area contributed by atoms with Crippen LogP contribution < -0.4 is 9.96 Å². The molecule has 2 aliphatic heterocycles. The van der Waals surface area contributed by atoms with Crippen molar-refractivity contribution in [2.45, 2.75) is 12.1 Å². The van der Waals surface area contributed by atoms with E-state index < -0.39 is 12.0 Å². The van der Waals surface area contributed by atoms with Gasteiger partial charge in [-0.2, -0.15) is 0 Å². The largest absolute Gasteiger partial charge is 0.273 e. The average Bonchev–Trinajstić information content (AvgIpc) is 3.42. The number of anilines is 2. The third kappa shape index (κ3) is 2.64. The highest BCUT2D eigenvalue weighted by Crippen LogP contribution is 2.48. The molecule has 2 aromatic carbocycles. The van der Waals surface area contributed by atoms with E-state index >= 15 is 0 Å². The second-order valence-electron chi connectivity index (χ2n) is 6.66. The Balaban J connectivity index is 1.56. The minimum atomic E-state index is -0.851. The van der Waals surface area contributed by atoms with Crippen LogP contribution in [0.1, 0.15) is 10.9 Å². The molecule has 0 saturated carbocycles. The van der Waals surface area contributed by atoms with Crippen LogP contribution >= 0.6 is 22.9 Å². The molecular weight excluding hydrogens is 396 g/mol. The van der Waals surface area contributed by atoms with Crippen molar-refractivity contribution in [2.24, 2.45) is 5.92 Å². The maximum absolute atomic E-state index is 13.3. The summed E-state index contributed by atoms with van der Waals surface area (Å²) in [5.41, 5.74) is 1.32. The Kier molecular flexibility index (Phi) is 4.19. The van der Waals surface area contributed by atoms with Crippen molar-refractivity contribution in [1.29, 1.82) is 0 Å². The first kappa shape index (κ1) is 17.4. The van der Waals surface area contributed by atoms with Gasteiger partial charge in [0.05, 0.1) is 11.4 Å². The zero-order valence-electron chi connectivity index (χ0n) is 14.6. The summed E-state index contributed by atoms with van der Waals surface area (Å²) < 4.78 is 0. The number of rotatable bonds is 3. The van der Waals surface area contributed by atoms with Crippen LogP contribution in [0.5, 0.6) is 0 Å². The number of hydroxylamine groups is 1. The van der Waals surface area contributed by atoms with Crippen LogP contribution in [0.15, 0.2) is 72.1 Å². The maximum Gasteiger partial charge on any atom is 0.266 e. The summed E-state index contributed by atoms with van der Waals surface area (Å²) in [7, 11) is 0. The molecule has 1 aromatic heterocycles. The highest BCUT2D eigenvalue weighted by molar-refractivity contribution is 7.10. The van der Waals surface area contributed by atoms with Crippen LogP contribution in [0.3, 0.4) is 0 Å². The minimum Gasteiger partial charge on any atom is -0.273 e. The summed E-state index contributed by atoms with van der Waals surface area (Å²) in [6.07, 6.45) is -0.851. The Morgan fingerprint density at radius 1 is 0.857 bits per heavy atom. The fourth-order valence-corrected chi connectivity index (χ4v) is 4.79. The molecule has 3 atom stereocenters. The number of para-hydroxylation sites is 1. The summed E-state index contributed by atoms with van der Waals surface area (Å²) in [6.45, 7) is 0.